The van der Waals surface area contributed by atoms with Crippen LogP contribution in [0.1, 0.15) is 18.4 Å². The monoisotopic (exact) mass is 205 g/mol. The standard InChI is InChI=1S/C10H11N3O2/c1-4(14)9-5-2-6(11)7(12)3-8(5)13-10(9)15/h2-3,9H,11-12H2,1H3,(H,13,15). The van der Waals surface area contributed by atoms with Crippen LogP contribution >= 0.6 is 0 Å². The fourth-order valence-electron chi connectivity index (χ4n) is 1.75. The number of amides is 1. The SMILES string of the molecule is CC(=O)C1C(=O)Nc2cc(N)c(N)cc21. The van der Waals surface area contributed by atoms with Crippen molar-refractivity contribution in [1.29, 1.82) is 0 Å². The van der Waals surface area contributed by atoms with E-state index in [1.807, 2.05) is 0 Å². The lowest BCUT2D eigenvalue weighted by Gasteiger charge is -2.06. The van der Waals surface area contributed by atoms with Crippen LogP contribution in [0, 0.1) is 0 Å². The number of ketones is 1. The van der Waals surface area contributed by atoms with Crippen LogP contribution in [0.2, 0.25) is 0 Å². The zero-order valence-corrected chi connectivity index (χ0v) is 8.20. The van der Waals surface area contributed by atoms with Crippen molar-refractivity contribution in [3.8, 4) is 0 Å². The largest absolute Gasteiger partial charge is 0.397 e. The Kier molecular flexibility index (Phi) is 1.89. The third kappa shape index (κ3) is 1.32. The van der Waals surface area contributed by atoms with Gasteiger partial charge < -0.3 is 16.8 Å². The number of hydrogen-bond acceptors (Lipinski definition) is 4. The summed E-state index contributed by atoms with van der Waals surface area (Å²) in [7, 11) is 0. The highest BCUT2D eigenvalue weighted by Gasteiger charge is 2.34. The third-order valence-electron chi connectivity index (χ3n) is 2.49. The van der Waals surface area contributed by atoms with Gasteiger partial charge in [-0.3, -0.25) is 9.59 Å². The molecule has 0 fully saturated rings. The fourth-order valence-corrected chi connectivity index (χ4v) is 1.75. The number of nitrogen functional groups attached to an aromatic ring is 2. The van der Waals surface area contributed by atoms with E-state index in [1.165, 1.54) is 6.92 Å². The smallest absolute Gasteiger partial charge is 0.239 e. The molecule has 0 spiro atoms. The highest BCUT2D eigenvalue weighted by atomic mass is 16.2. The Labute approximate surface area is 86.4 Å². The van der Waals surface area contributed by atoms with Gasteiger partial charge in [0.25, 0.3) is 0 Å². The van der Waals surface area contributed by atoms with Gasteiger partial charge in [-0.05, 0) is 24.6 Å². The summed E-state index contributed by atoms with van der Waals surface area (Å²) in [5.74, 6) is -1.26. The molecule has 0 radical (unpaired) electrons. The summed E-state index contributed by atoms with van der Waals surface area (Å²) in [4.78, 5) is 22.8. The summed E-state index contributed by atoms with van der Waals surface area (Å²) in [6.07, 6.45) is 0. The molecule has 0 saturated carbocycles. The second-order valence-corrected chi connectivity index (χ2v) is 3.60. The molecule has 0 aliphatic carbocycles. The molecule has 1 heterocycles. The summed E-state index contributed by atoms with van der Waals surface area (Å²) in [5, 5.41) is 2.60. The van der Waals surface area contributed by atoms with Crippen molar-refractivity contribution in [3.05, 3.63) is 17.7 Å². The number of benzene rings is 1. The van der Waals surface area contributed by atoms with Crippen LogP contribution in [-0.4, -0.2) is 11.7 Å². The van der Waals surface area contributed by atoms with E-state index in [2.05, 4.69) is 5.32 Å². The Hall–Kier alpha value is -2.04. The Morgan fingerprint density at radius 3 is 2.53 bits per heavy atom. The zero-order valence-electron chi connectivity index (χ0n) is 8.20. The highest BCUT2D eigenvalue weighted by molar-refractivity contribution is 6.16. The molecule has 0 bridgehead atoms. The summed E-state index contributed by atoms with van der Waals surface area (Å²) in [6.45, 7) is 1.38. The van der Waals surface area contributed by atoms with Crippen molar-refractivity contribution in [2.45, 2.75) is 12.8 Å². The molecular formula is C10H11N3O2. The van der Waals surface area contributed by atoms with Crippen LogP contribution < -0.4 is 16.8 Å². The Balaban J connectivity index is 2.59. The number of Topliss-reactive ketones (excluding diaryl/α,β-unsaturated/α-hetero) is 1. The van der Waals surface area contributed by atoms with E-state index >= 15 is 0 Å². The molecule has 1 unspecified atom stereocenters. The minimum atomic E-state index is -0.747. The van der Waals surface area contributed by atoms with Crippen LogP contribution in [0.3, 0.4) is 0 Å². The molecule has 1 amide bonds. The van der Waals surface area contributed by atoms with Gasteiger partial charge in [-0.25, -0.2) is 0 Å². The number of nitrogens with one attached hydrogen (secondary N) is 1. The molecule has 0 aromatic heterocycles. The summed E-state index contributed by atoms with van der Waals surface area (Å²) >= 11 is 0. The second kappa shape index (κ2) is 2.98. The minimum absolute atomic E-state index is 0.199. The topological polar surface area (TPSA) is 98.2 Å². The average molecular weight is 205 g/mol. The molecule has 5 heteroatoms. The van der Waals surface area contributed by atoms with Crippen LogP contribution in [0.25, 0.3) is 0 Å². The maximum atomic E-state index is 11.5. The average Bonchev–Trinajstić information content (AvgIpc) is 2.41. The first-order valence-electron chi connectivity index (χ1n) is 4.51. The van der Waals surface area contributed by atoms with Crippen LogP contribution in [-0.2, 0) is 9.59 Å². The minimum Gasteiger partial charge on any atom is -0.397 e. The maximum absolute atomic E-state index is 11.5. The first-order chi connectivity index (χ1) is 7.00. The first kappa shape index (κ1) is 9.51. The maximum Gasteiger partial charge on any atom is 0.239 e. The Bertz CT molecular complexity index is 468. The number of rotatable bonds is 1. The van der Waals surface area contributed by atoms with Crippen molar-refractivity contribution >= 4 is 28.8 Å². The number of carbonyl (C=O) groups is 2. The van der Waals surface area contributed by atoms with Crippen molar-refractivity contribution in [2.24, 2.45) is 0 Å². The zero-order chi connectivity index (χ0) is 11.2. The molecule has 2 rings (SSSR count). The molecule has 5 N–H and O–H groups in total. The quantitative estimate of drug-likeness (QED) is 0.458. The van der Waals surface area contributed by atoms with Crippen molar-refractivity contribution < 1.29 is 9.59 Å². The molecule has 15 heavy (non-hydrogen) atoms. The Morgan fingerprint density at radius 2 is 1.93 bits per heavy atom. The first-order valence-corrected chi connectivity index (χ1v) is 4.51. The molecule has 1 atom stereocenters. The summed E-state index contributed by atoms with van der Waals surface area (Å²) in [5.41, 5.74) is 13.2. The predicted octanol–water partition coefficient (Wildman–Crippen LogP) is 0.476. The number of nitrogens with two attached hydrogens (primary N) is 2. The number of carbonyl (C=O) groups excluding carboxylic acids is 2. The number of anilines is 3. The van der Waals surface area contributed by atoms with Gasteiger partial charge in [-0.1, -0.05) is 0 Å². The molecule has 5 nitrogen and oxygen atoms in total. The molecule has 0 saturated heterocycles. The lowest BCUT2D eigenvalue weighted by Crippen LogP contribution is -2.18. The van der Waals surface area contributed by atoms with E-state index in [9.17, 15) is 9.59 Å². The predicted molar refractivity (Wildman–Crippen MR) is 57.3 cm³/mol. The normalized spacial score (nSPS) is 18.5. The van der Waals surface area contributed by atoms with Gasteiger partial charge in [-0.15, -0.1) is 0 Å². The summed E-state index contributed by atoms with van der Waals surface area (Å²) in [6, 6.07) is 3.15. The van der Waals surface area contributed by atoms with Crippen molar-refractivity contribution in [2.75, 3.05) is 16.8 Å². The van der Waals surface area contributed by atoms with Gasteiger partial charge in [0.15, 0.2) is 0 Å². The molecule has 1 aliphatic heterocycles. The van der Waals surface area contributed by atoms with Crippen LogP contribution in [0.5, 0.6) is 0 Å². The fraction of sp³-hybridized carbons (Fsp3) is 0.200. The molecule has 1 aromatic rings. The third-order valence-corrected chi connectivity index (χ3v) is 2.49. The number of hydrogen-bond donors (Lipinski definition) is 3. The van der Waals surface area contributed by atoms with Gasteiger partial charge in [0.1, 0.15) is 11.7 Å². The molecule has 1 aliphatic rings. The molecule has 78 valence electrons. The van der Waals surface area contributed by atoms with Gasteiger partial charge in [0.05, 0.1) is 11.4 Å². The van der Waals surface area contributed by atoms with E-state index in [4.69, 9.17) is 11.5 Å². The van der Waals surface area contributed by atoms with Gasteiger partial charge in [-0.2, -0.15) is 0 Å². The van der Waals surface area contributed by atoms with Crippen molar-refractivity contribution in [1.82, 2.24) is 0 Å². The highest BCUT2D eigenvalue weighted by Crippen LogP contribution is 2.36. The second-order valence-electron chi connectivity index (χ2n) is 3.60. The van der Waals surface area contributed by atoms with Gasteiger partial charge >= 0.3 is 0 Å². The van der Waals surface area contributed by atoms with Gasteiger partial charge in [0, 0.05) is 5.69 Å². The summed E-state index contributed by atoms with van der Waals surface area (Å²) < 4.78 is 0. The van der Waals surface area contributed by atoms with E-state index in [0.29, 0.717) is 22.6 Å². The van der Waals surface area contributed by atoms with Gasteiger partial charge in [0.2, 0.25) is 5.91 Å². The van der Waals surface area contributed by atoms with Crippen LogP contribution in [0.4, 0.5) is 17.1 Å². The van der Waals surface area contributed by atoms with Crippen LogP contribution in [0.15, 0.2) is 12.1 Å². The van der Waals surface area contributed by atoms with E-state index in [1.54, 1.807) is 12.1 Å². The van der Waals surface area contributed by atoms with Crippen molar-refractivity contribution in [3.63, 3.8) is 0 Å². The van der Waals surface area contributed by atoms with E-state index < -0.39 is 5.92 Å². The number of fused-ring (bicyclic) bond motifs is 1. The molecule has 1 aromatic carbocycles. The van der Waals surface area contributed by atoms with E-state index in [-0.39, 0.29) is 11.7 Å². The lowest BCUT2D eigenvalue weighted by molar-refractivity contribution is -0.125. The lowest BCUT2D eigenvalue weighted by atomic mass is 9.96. The molecular weight excluding hydrogens is 194 g/mol. The Morgan fingerprint density at radius 1 is 1.33 bits per heavy atom. The van der Waals surface area contributed by atoms with E-state index in [0.717, 1.165) is 0 Å².